The maximum absolute atomic E-state index is 13.2. The van der Waals surface area contributed by atoms with Crippen LogP contribution in [0.1, 0.15) is 52.0 Å². The van der Waals surface area contributed by atoms with Crippen LogP contribution in [0, 0.1) is 11.2 Å². The van der Waals surface area contributed by atoms with E-state index >= 15 is 0 Å². The van der Waals surface area contributed by atoms with Gasteiger partial charge in [0, 0.05) is 12.6 Å². The molecule has 2 N–H and O–H groups in total. The van der Waals surface area contributed by atoms with Gasteiger partial charge in [-0.2, -0.15) is 0 Å². The summed E-state index contributed by atoms with van der Waals surface area (Å²) in [7, 11) is 0. The molecule has 0 heterocycles. The molecule has 1 saturated carbocycles. The molecule has 1 aromatic rings. The summed E-state index contributed by atoms with van der Waals surface area (Å²) in [5.41, 5.74) is 0.775. The number of rotatable bonds is 5. The standard InChI is InChI=1S/C18H28FNO/c1-14(11-15-5-4-6-16(19)12-15)20-13-18(21)9-7-17(2,3)8-10-18/h4-6,12,14,20-21H,7-11,13H2,1-3H3. The molecular formula is C18H28FNO. The van der Waals surface area contributed by atoms with Gasteiger partial charge in [-0.05, 0) is 62.1 Å². The normalized spacial score (nSPS) is 22.0. The zero-order valence-corrected chi connectivity index (χ0v) is 13.5. The first-order chi connectivity index (χ1) is 9.78. The summed E-state index contributed by atoms with van der Waals surface area (Å²) in [5.74, 6) is -0.187. The van der Waals surface area contributed by atoms with E-state index in [0.717, 1.165) is 37.7 Å². The van der Waals surface area contributed by atoms with E-state index in [4.69, 9.17) is 0 Å². The van der Waals surface area contributed by atoms with Gasteiger partial charge in [0.2, 0.25) is 0 Å². The lowest BCUT2D eigenvalue weighted by Gasteiger charge is -2.40. The predicted octanol–water partition coefficient (Wildman–Crippen LogP) is 3.68. The van der Waals surface area contributed by atoms with Gasteiger partial charge in [0.25, 0.3) is 0 Å². The van der Waals surface area contributed by atoms with Crippen LogP contribution in [0.25, 0.3) is 0 Å². The lowest BCUT2D eigenvalue weighted by atomic mass is 9.71. The van der Waals surface area contributed by atoms with E-state index in [9.17, 15) is 9.50 Å². The van der Waals surface area contributed by atoms with Crippen LogP contribution in [0.3, 0.4) is 0 Å². The summed E-state index contributed by atoms with van der Waals surface area (Å²) in [4.78, 5) is 0. The molecule has 3 heteroatoms. The van der Waals surface area contributed by atoms with Gasteiger partial charge in [-0.1, -0.05) is 26.0 Å². The first-order valence-electron chi connectivity index (χ1n) is 7.98. The molecule has 1 unspecified atom stereocenters. The molecule has 0 saturated heterocycles. The highest BCUT2D eigenvalue weighted by molar-refractivity contribution is 5.17. The van der Waals surface area contributed by atoms with Crippen LogP contribution in [0.4, 0.5) is 4.39 Å². The van der Waals surface area contributed by atoms with Gasteiger partial charge >= 0.3 is 0 Å². The van der Waals surface area contributed by atoms with Crippen LogP contribution < -0.4 is 5.32 Å². The minimum Gasteiger partial charge on any atom is -0.389 e. The van der Waals surface area contributed by atoms with Crippen molar-refractivity contribution < 1.29 is 9.50 Å². The first-order valence-corrected chi connectivity index (χ1v) is 7.98. The molecule has 1 aromatic carbocycles. The van der Waals surface area contributed by atoms with Crippen LogP contribution in [-0.2, 0) is 6.42 Å². The fraction of sp³-hybridized carbons (Fsp3) is 0.667. The molecule has 2 rings (SSSR count). The van der Waals surface area contributed by atoms with Crippen molar-refractivity contribution in [1.29, 1.82) is 0 Å². The summed E-state index contributed by atoms with van der Waals surface area (Å²) >= 11 is 0. The zero-order valence-electron chi connectivity index (χ0n) is 13.5. The average Bonchev–Trinajstić information content (AvgIpc) is 2.41. The van der Waals surface area contributed by atoms with Gasteiger partial charge in [-0.25, -0.2) is 4.39 Å². The smallest absolute Gasteiger partial charge is 0.123 e. The van der Waals surface area contributed by atoms with Crippen molar-refractivity contribution in [3.8, 4) is 0 Å². The first kappa shape index (κ1) is 16.4. The number of aliphatic hydroxyl groups is 1. The third kappa shape index (κ3) is 5.08. The lowest BCUT2D eigenvalue weighted by Crippen LogP contribution is -2.47. The van der Waals surface area contributed by atoms with E-state index in [2.05, 4.69) is 26.1 Å². The molecule has 21 heavy (non-hydrogen) atoms. The quantitative estimate of drug-likeness (QED) is 0.868. The largest absolute Gasteiger partial charge is 0.389 e. The number of nitrogens with one attached hydrogen (secondary N) is 1. The van der Waals surface area contributed by atoms with E-state index in [1.807, 2.05) is 6.07 Å². The number of benzene rings is 1. The van der Waals surface area contributed by atoms with Crippen LogP contribution in [0.15, 0.2) is 24.3 Å². The highest BCUT2D eigenvalue weighted by Crippen LogP contribution is 2.39. The van der Waals surface area contributed by atoms with E-state index in [1.54, 1.807) is 12.1 Å². The summed E-state index contributed by atoms with van der Waals surface area (Å²) in [5, 5.41) is 14.1. The highest BCUT2D eigenvalue weighted by atomic mass is 19.1. The summed E-state index contributed by atoms with van der Waals surface area (Å²) in [6, 6.07) is 6.96. The Hall–Kier alpha value is -0.930. The van der Waals surface area contributed by atoms with Gasteiger partial charge in [0.1, 0.15) is 5.82 Å². The Morgan fingerprint density at radius 2 is 1.90 bits per heavy atom. The van der Waals surface area contributed by atoms with E-state index in [0.29, 0.717) is 12.0 Å². The Kier molecular flexibility index (Phi) is 5.05. The second-order valence-electron chi connectivity index (χ2n) is 7.50. The maximum Gasteiger partial charge on any atom is 0.123 e. The fourth-order valence-corrected chi connectivity index (χ4v) is 3.02. The molecule has 1 aliphatic carbocycles. The Morgan fingerprint density at radius 3 is 2.52 bits per heavy atom. The topological polar surface area (TPSA) is 32.3 Å². The highest BCUT2D eigenvalue weighted by Gasteiger charge is 2.36. The van der Waals surface area contributed by atoms with Crippen molar-refractivity contribution >= 4 is 0 Å². The van der Waals surface area contributed by atoms with Gasteiger partial charge in [-0.3, -0.25) is 0 Å². The lowest BCUT2D eigenvalue weighted by molar-refractivity contribution is -0.0257. The van der Waals surface area contributed by atoms with Crippen LogP contribution in [0.5, 0.6) is 0 Å². The van der Waals surface area contributed by atoms with E-state index in [1.165, 1.54) is 6.07 Å². The molecular weight excluding hydrogens is 265 g/mol. The third-order valence-electron chi connectivity index (χ3n) is 4.74. The fourth-order valence-electron chi connectivity index (χ4n) is 3.02. The van der Waals surface area contributed by atoms with Crippen molar-refractivity contribution in [3.63, 3.8) is 0 Å². The second-order valence-corrected chi connectivity index (χ2v) is 7.50. The van der Waals surface area contributed by atoms with Crippen molar-refractivity contribution in [1.82, 2.24) is 5.32 Å². The molecule has 0 aromatic heterocycles. The van der Waals surface area contributed by atoms with Crippen LogP contribution in [0.2, 0.25) is 0 Å². The second kappa shape index (κ2) is 6.45. The van der Waals surface area contributed by atoms with Gasteiger partial charge in [0.15, 0.2) is 0 Å². The van der Waals surface area contributed by atoms with Gasteiger partial charge in [-0.15, -0.1) is 0 Å². The minimum atomic E-state index is -0.578. The molecule has 1 fully saturated rings. The van der Waals surface area contributed by atoms with Crippen LogP contribution >= 0.6 is 0 Å². The summed E-state index contributed by atoms with van der Waals surface area (Å²) in [6.45, 7) is 7.25. The molecule has 2 nitrogen and oxygen atoms in total. The Labute approximate surface area is 127 Å². The SMILES string of the molecule is CC(Cc1cccc(F)c1)NCC1(O)CCC(C)(C)CC1. The van der Waals surface area contributed by atoms with Crippen LogP contribution in [-0.4, -0.2) is 23.3 Å². The van der Waals surface area contributed by atoms with Crippen molar-refractivity contribution in [2.45, 2.75) is 64.5 Å². The molecule has 0 aliphatic heterocycles. The van der Waals surface area contributed by atoms with Gasteiger partial charge in [0.05, 0.1) is 5.60 Å². The third-order valence-corrected chi connectivity index (χ3v) is 4.74. The predicted molar refractivity (Wildman–Crippen MR) is 84.8 cm³/mol. The molecule has 0 bridgehead atoms. The number of halogens is 1. The summed E-state index contributed by atoms with van der Waals surface area (Å²) < 4.78 is 13.2. The maximum atomic E-state index is 13.2. The Morgan fingerprint density at radius 1 is 1.24 bits per heavy atom. The zero-order chi connectivity index (χ0) is 15.5. The molecule has 1 atom stereocenters. The van der Waals surface area contributed by atoms with Crippen molar-refractivity contribution in [2.75, 3.05) is 6.54 Å². The average molecular weight is 293 g/mol. The molecule has 0 radical (unpaired) electrons. The summed E-state index contributed by atoms with van der Waals surface area (Å²) in [6.07, 6.45) is 4.64. The van der Waals surface area contributed by atoms with Crippen molar-refractivity contribution in [3.05, 3.63) is 35.6 Å². The minimum absolute atomic E-state index is 0.187. The molecule has 0 amide bonds. The Balaban J connectivity index is 1.80. The monoisotopic (exact) mass is 293 g/mol. The van der Waals surface area contributed by atoms with Crippen molar-refractivity contribution in [2.24, 2.45) is 5.41 Å². The van der Waals surface area contributed by atoms with E-state index in [-0.39, 0.29) is 11.9 Å². The van der Waals surface area contributed by atoms with E-state index < -0.39 is 5.60 Å². The number of hydrogen-bond donors (Lipinski definition) is 2. The Bertz CT molecular complexity index is 462. The number of hydrogen-bond acceptors (Lipinski definition) is 2. The molecule has 0 spiro atoms. The van der Waals surface area contributed by atoms with Gasteiger partial charge < -0.3 is 10.4 Å². The molecule has 118 valence electrons. The molecule has 1 aliphatic rings.